The molecule has 178 valence electrons. The van der Waals surface area contributed by atoms with Crippen LogP contribution >= 0.6 is 9.24 Å². The Balaban J connectivity index is 0.000000454. The molecule has 0 radical (unpaired) electrons. The Bertz CT molecular complexity index is 1120. The maximum absolute atomic E-state index is 12.8. The molecular formula is C21H27F3N7OP. The summed E-state index contributed by atoms with van der Waals surface area (Å²) >= 11 is 0. The highest BCUT2D eigenvalue weighted by Crippen LogP contribution is 2.36. The van der Waals surface area contributed by atoms with Crippen molar-refractivity contribution in [1.29, 1.82) is 0 Å². The standard InChI is InChI=1S/C17H17F2N7O.C4H10FP/c1-3-10-5-14-20-7-13-15(26(14)24-10)9(2)8-25(13)17(27)22-11-4-12(16(18)19)23-21-6-11;1-3(2)4(5)6/h4-7,9,16H,3,8H2,1-2H3,(H,22,23,27);3-4H,6H2,1-2H3. The number of carbonyl (C=O) groups excluding carboxylic acids is 1. The molecule has 4 heterocycles. The number of hydrogen-bond acceptors (Lipinski definition) is 5. The number of aryl methyl sites for hydroxylation is 1. The molecule has 2 amide bonds. The fraction of sp³-hybridized carbons (Fsp3) is 0.476. The highest BCUT2D eigenvalue weighted by Gasteiger charge is 2.33. The third kappa shape index (κ3) is 5.58. The molecule has 8 nitrogen and oxygen atoms in total. The molecule has 3 aromatic rings. The number of aromatic nitrogens is 5. The van der Waals surface area contributed by atoms with Crippen LogP contribution in [0.4, 0.5) is 29.3 Å². The maximum atomic E-state index is 12.8. The van der Waals surface area contributed by atoms with Crippen LogP contribution in [-0.4, -0.2) is 43.3 Å². The lowest BCUT2D eigenvalue weighted by Crippen LogP contribution is -2.34. The largest absolute Gasteiger partial charge is 0.326 e. The van der Waals surface area contributed by atoms with Crippen LogP contribution < -0.4 is 10.2 Å². The second kappa shape index (κ2) is 10.4. The number of fused-ring (bicyclic) bond motifs is 3. The van der Waals surface area contributed by atoms with E-state index in [-0.39, 0.29) is 17.5 Å². The molecule has 0 saturated carbocycles. The molecule has 12 heteroatoms. The van der Waals surface area contributed by atoms with Crippen molar-refractivity contribution in [3.8, 4) is 0 Å². The molecule has 0 fully saturated rings. The molecule has 0 bridgehead atoms. The molecular weight excluding hydrogens is 454 g/mol. The van der Waals surface area contributed by atoms with Gasteiger partial charge >= 0.3 is 6.03 Å². The summed E-state index contributed by atoms with van der Waals surface area (Å²) in [6, 6.07) is 2.58. The number of carbonyl (C=O) groups is 1. The smallest absolute Gasteiger partial charge is 0.306 e. The van der Waals surface area contributed by atoms with E-state index >= 15 is 0 Å². The highest BCUT2D eigenvalue weighted by molar-refractivity contribution is 7.17. The zero-order valence-electron chi connectivity index (χ0n) is 18.8. The van der Waals surface area contributed by atoms with E-state index in [1.54, 1.807) is 10.7 Å². The van der Waals surface area contributed by atoms with Gasteiger partial charge < -0.3 is 5.32 Å². The molecule has 3 unspecified atom stereocenters. The fourth-order valence-electron chi connectivity index (χ4n) is 3.23. The number of rotatable bonds is 4. The number of halogens is 3. The molecule has 1 aliphatic heterocycles. The average molecular weight is 481 g/mol. The predicted octanol–water partition coefficient (Wildman–Crippen LogP) is 4.99. The third-order valence-corrected chi connectivity index (χ3v) is 5.93. The van der Waals surface area contributed by atoms with Gasteiger partial charge in [-0.25, -0.2) is 27.5 Å². The molecule has 3 aromatic heterocycles. The molecule has 0 aromatic carbocycles. The van der Waals surface area contributed by atoms with Gasteiger partial charge in [0, 0.05) is 18.5 Å². The van der Waals surface area contributed by atoms with E-state index in [9.17, 15) is 18.0 Å². The first-order valence-corrected chi connectivity index (χ1v) is 11.3. The minimum atomic E-state index is -2.76. The second-order valence-electron chi connectivity index (χ2n) is 8.09. The number of urea groups is 1. The van der Waals surface area contributed by atoms with Gasteiger partial charge in [0.15, 0.2) is 5.65 Å². The average Bonchev–Trinajstić information content (AvgIpc) is 3.34. The van der Waals surface area contributed by atoms with Crippen LogP contribution in [0.5, 0.6) is 0 Å². The first-order valence-electron chi connectivity index (χ1n) is 10.6. The monoisotopic (exact) mass is 481 g/mol. The van der Waals surface area contributed by atoms with Crippen molar-refractivity contribution >= 4 is 32.3 Å². The quantitative estimate of drug-likeness (QED) is 0.531. The molecule has 4 rings (SSSR count). The number of anilines is 2. The summed E-state index contributed by atoms with van der Waals surface area (Å²) in [6.07, 6.45) is 0.904. The normalized spacial score (nSPS) is 16.1. The van der Waals surface area contributed by atoms with Crippen LogP contribution in [0.2, 0.25) is 0 Å². The summed E-state index contributed by atoms with van der Waals surface area (Å²) < 4.78 is 39.1. The summed E-state index contributed by atoms with van der Waals surface area (Å²) in [4.78, 5) is 18.6. The van der Waals surface area contributed by atoms with E-state index in [2.05, 4.69) is 34.8 Å². The maximum Gasteiger partial charge on any atom is 0.326 e. The zero-order chi connectivity index (χ0) is 24.3. The van der Waals surface area contributed by atoms with Gasteiger partial charge in [-0.3, -0.25) is 4.90 Å². The van der Waals surface area contributed by atoms with Crippen LogP contribution in [-0.2, 0) is 6.42 Å². The van der Waals surface area contributed by atoms with Crippen molar-refractivity contribution in [2.75, 3.05) is 16.8 Å². The van der Waals surface area contributed by atoms with Gasteiger partial charge in [-0.05, 0) is 18.4 Å². The van der Waals surface area contributed by atoms with Gasteiger partial charge in [0.2, 0.25) is 0 Å². The summed E-state index contributed by atoms with van der Waals surface area (Å²) in [6.45, 7) is 8.14. The third-order valence-electron chi connectivity index (χ3n) is 5.16. The Labute approximate surface area is 192 Å². The molecule has 3 atom stereocenters. The van der Waals surface area contributed by atoms with Crippen LogP contribution in [0.25, 0.3) is 5.65 Å². The lowest BCUT2D eigenvalue weighted by atomic mass is 10.1. The van der Waals surface area contributed by atoms with Crippen molar-refractivity contribution in [2.24, 2.45) is 5.92 Å². The lowest BCUT2D eigenvalue weighted by molar-refractivity contribution is 0.145. The summed E-state index contributed by atoms with van der Waals surface area (Å²) in [5.41, 5.74) is 2.88. The van der Waals surface area contributed by atoms with Crippen LogP contribution in [0.1, 0.15) is 57.1 Å². The van der Waals surface area contributed by atoms with E-state index in [1.807, 2.05) is 33.8 Å². The van der Waals surface area contributed by atoms with Crippen molar-refractivity contribution in [3.63, 3.8) is 0 Å². The Morgan fingerprint density at radius 3 is 2.58 bits per heavy atom. The van der Waals surface area contributed by atoms with Gasteiger partial charge in [-0.1, -0.05) is 27.7 Å². The van der Waals surface area contributed by atoms with E-state index < -0.39 is 24.1 Å². The number of nitrogens with one attached hydrogen (secondary N) is 1. The van der Waals surface area contributed by atoms with Crippen molar-refractivity contribution in [3.05, 3.63) is 41.6 Å². The van der Waals surface area contributed by atoms with Crippen LogP contribution in [0.15, 0.2) is 24.5 Å². The topological polar surface area (TPSA) is 88.3 Å². The molecule has 0 aliphatic carbocycles. The second-order valence-corrected chi connectivity index (χ2v) is 8.72. The van der Waals surface area contributed by atoms with E-state index in [0.717, 1.165) is 29.5 Å². The Hall–Kier alpha value is -2.81. The van der Waals surface area contributed by atoms with Gasteiger partial charge in [-0.15, -0.1) is 14.3 Å². The molecule has 0 spiro atoms. The van der Waals surface area contributed by atoms with Gasteiger partial charge in [-0.2, -0.15) is 10.2 Å². The molecule has 0 saturated heterocycles. The summed E-state index contributed by atoms with van der Waals surface area (Å²) in [7, 11) is 2.11. The Morgan fingerprint density at radius 2 is 1.97 bits per heavy atom. The number of alkyl halides is 3. The fourth-order valence-corrected chi connectivity index (χ4v) is 3.23. The Morgan fingerprint density at radius 1 is 1.27 bits per heavy atom. The summed E-state index contributed by atoms with van der Waals surface area (Å²) in [5.74, 6) is -0.534. The minimum absolute atomic E-state index is 0.0491. The minimum Gasteiger partial charge on any atom is -0.306 e. The highest BCUT2D eigenvalue weighted by atomic mass is 31.0. The van der Waals surface area contributed by atoms with E-state index in [4.69, 9.17) is 0 Å². The molecule has 33 heavy (non-hydrogen) atoms. The van der Waals surface area contributed by atoms with E-state index in [1.165, 1.54) is 11.1 Å². The van der Waals surface area contributed by atoms with Gasteiger partial charge in [0.1, 0.15) is 11.6 Å². The van der Waals surface area contributed by atoms with Crippen molar-refractivity contribution in [1.82, 2.24) is 24.8 Å². The molecule has 1 aliphatic rings. The van der Waals surface area contributed by atoms with Crippen LogP contribution in [0.3, 0.4) is 0 Å². The van der Waals surface area contributed by atoms with Crippen molar-refractivity contribution < 1.29 is 18.0 Å². The van der Waals surface area contributed by atoms with Crippen molar-refractivity contribution in [2.45, 2.75) is 52.4 Å². The number of amides is 2. The first-order chi connectivity index (χ1) is 15.6. The number of hydrogen-bond donors (Lipinski definition) is 1. The van der Waals surface area contributed by atoms with Gasteiger partial charge in [0.05, 0.1) is 35.2 Å². The van der Waals surface area contributed by atoms with Gasteiger partial charge in [0.25, 0.3) is 6.43 Å². The lowest BCUT2D eigenvalue weighted by Gasteiger charge is -2.17. The SMILES string of the molecule is CC(C)C(F)P.CCc1cc2ncc3c(n2n1)C(C)CN3C(=O)Nc1cnnc(C(F)F)c1. The van der Waals surface area contributed by atoms with E-state index in [0.29, 0.717) is 12.2 Å². The first kappa shape index (κ1) is 24.8. The summed E-state index contributed by atoms with van der Waals surface area (Å²) in [5, 5.41) is 14.0. The van der Waals surface area contributed by atoms with Crippen LogP contribution in [0, 0.1) is 5.92 Å². The molecule has 1 N–H and O–H groups in total. The number of nitrogens with zero attached hydrogens (tertiary/aromatic N) is 6. The zero-order valence-corrected chi connectivity index (χ0v) is 20.0. The predicted molar refractivity (Wildman–Crippen MR) is 124 cm³/mol. The Kier molecular flexibility index (Phi) is 7.84.